The quantitative estimate of drug-likeness (QED) is 0.574. The lowest BCUT2D eigenvalue weighted by molar-refractivity contribution is 0.114. The lowest BCUT2D eigenvalue weighted by Crippen LogP contribution is -2.48. The van der Waals surface area contributed by atoms with Gasteiger partial charge >= 0.3 is 0 Å². The van der Waals surface area contributed by atoms with Gasteiger partial charge in [-0.05, 0) is 55.3 Å². The van der Waals surface area contributed by atoms with Crippen molar-refractivity contribution in [2.45, 2.75) is 28.7 Å². The molecule has 34 heavy (non-hydrogen) atoms. The van der Waals surface area contributed by atoms with Gasteiger partial charge in [0.05, 0.1) is 28.7 Å². The van der Waals surface area contributed by atoms with Gasteiger partial charge in [-0.3, -0.25) is 0 Å². The number of nitrogens with one attached hydrogen (secondary N) is 1. The molecule has 1 N–H and O–H groups in total. The minimum Gasteiger partial charge on any atom is -0.495 e. The van der Waals surface area contributed by atoms with Crippen LogP contribution in [0.5, 0.6) is 5.75 Å². The van der Waals surface area contributed by atoms with Crippen LogP contribution in [0.3, 0.4) is 0 Å². The number of piperazine rings is 1. The van der Waals surface area contributed by atoms with Crippen LogP contribution < -0.4 is 14.4 Å². The molecule has 0 saturated carbocycles. The molecule has 186 valence electrons. The summed E-state index contributed by atoms with van der Waals surface area (Å²) in [6.45, 7) is 1.91. The molecule has 2 aliphatic rings. The lowest BCUT2D eigenvalue weighted by Gasteiger charge is -2.36. The smallest absolute Gasteiger partial charge is 0.243 e. The molecule has 1 atom stereocenters. The van der Waals surface area contributed by atoms with Gasteiger partial charge in [0.15, 0.2) is 0 Å². The van der Waals surface area contributed by atoms with Crippen LogP contribution in [-0.4, -0.2) is 73.7 Å². The fourth-order valence-electron chi connectivity index (χ4n) is 4.10. The van der Waals surface area contributed by atoms with E-state index in [1.54, 1.807) is 12.1 Å². The number of halogens is 1. The summed E-state index contributed by atoms with van der Waals surface area (Å²) in [5.41, 5.74) is 0.571. The molecule has 2 aromatic rings. The van der Waals surface area contributed by atoms with Crippen LogP contribution in [0.15, 0.2) is 52.3 Å². The molecule has 0 bridgehead atoms. The topological polar surface area (TPSA) is 105 Å². The van der Waals surface area contributed by atoms with Crippen molar-refractivity contribution in [3.05, 3.63) is 48.3 Å². The van der Waals surface area contributed by atoms with E-state index in [1.165, 1.54) is 29.6 Å². The number of hydrogen-bond acceptors (Lipinski definition) is 7. The first kappa shape index (κ1) is 24.9. The molecule has 0 aromatic heterocycles. The van der Waals surface area contributed by atoms with Gasteiger partial charge in [0, 0.05) is 39.3 Å². The normalized spacial score (nSPS) is 19.9. The first-order chi connectivity index (χ1) is 16.2. The summed E-state index contributed by atoms with van der Waals surface area (Å²) in [4.78, 5) is 2.03. The van der Waals surface area contributed by atoms with Crippen molar-refractivity contribution in [1.82, 2.24) is 9.03 Å². The molecule has 9 nitrogen and oxygen atoms in total. The summed E-state index contributed by atoms with van der Waals surface area (Å²) in [6.07, 6.45) is 1.62. The average molecular weight is 514 g/mol. The third-order valence-electron chi connectivity index (χ3n) is 6.02. The van der Waals surface area contributed by atoms with E-state index in [1.807, 2.05) is 4.90 Å². The number of ether oxygens (including phenoxy) is 2. The molecule has 2 aromatic carbocycles. The van der Waals surface area contributed by atoms with E-state index in [-0.39, 0.29) is 35.5 Å². The highest BCUT2D eigenvalue weighted by Crippen LogP contribution is 2.32. The summed E-state index contributed by atoms with van der Waals surface area (Å²) < 4.78 is 79.5. The highest BCUT2D eigenvalue weighted by molar-refractivity contribution is 7.89. The summed E-state index contributed by atoms with van der Waals surface area (Å²) in [5.74, 6) is -0.0103. The maximum Gasteiger partial charge on any atom is 0.243 e. The molecule has 12 heteroatoms. The van der Waals surface area contributed by atoms with Crippen LogP contribution in [0.25, 0.3) is 0 Å². The van der Waals surface area contributed by atoms with Gasteiger partial charge in [0.25, 0.3) is 0 Å². The predicted molar refractivity (Wildman–Crippen MR) is 125 cm³/mol. The molecule has 0 spiro atoms. The van der Waals surface area contributed by atoms with Gasteiger partial charge in [-0.25, -0.2) is 25.9 Å². The zero-order chi connectivity index (χ0) is 24.3. The number of hydrogen-bond donors (Lipinski definition) is 1. The van der Waals surface area contributed by atoms with E-state index in [0.717, 1.165) is 25.0 Å². The Morgan fingerprint density at radius 2 is 1.71 bits per heavy atom. The predicted octanol–water partition coefficient (Wildman–Crippen LogP) is 1.80. The number of benzene rings is 2. The molecule has 0 radical (unpaired) electrons. The zero-order valence-electron chi connectivity index (χ0n) is 18.8. The molecule has 2 heterocycles. The van der Waals surface area contributed by atoms with Crippen molar-refractivity contribution in [3.8, 4) is 5.75 Å². The number of sulfonamides is 2. The Kier molecular flexibility index (Phi) is 7.43. The van der Waals surface area contributed by atoms with Crippen LogP contribution in [0.2, 0.25) is 0 Å². The second kappa shape index (κ2) is 10.2. The maximum absolute atomic E-state index is 13.2. The molecule has 2 fully saturated rings. The largest absolute Gasteiger partial charge is 0.495 e. The standard InChI is InChI=1S/C22H28FN3O6S2/c1-31-22-9-8-20(33(27,28)24-16-18-3-2-14-32-18)15-21(22)25-10-12-26(13-11-25)34(29,30)19-6-4-17(23)5-7-19/h4-9,15,18,24H,2-3,10-14,16H2,1H3/t18-/m1/s1. The molecule has 0 amide bonds. The SMILES string of the molecule is COc1ccc(S(=O)(=O)NC[C@H]2CCCO2)cc1N1CCN(S(=O)(=O)c2ccc(F)cc2)CC1. The van der Waals surface area contributed by atoms with Gasteiger partial charge in [0.1, 0.15) is 11.6 Å². The minimum absolute atomic E-state index is 0.0327. The number of anilines is 1. The molecular weight excluding hydrogens is 485 g/mol. The first-order valence-corrected chi connectivity index (χ1v) is 13.9. The monoisotopic (exact) mass is 513 g/mol. The van der Waals surface area contributed by atoms with Gasteiger partial charge in [-0.2, -0.15) is 4.31 Å². The summed E-state index contributed by atoms with van der Waals surface area (Å²) in [5, 5.41) is 0. The van der Waals surface area contributed by atoms with Crippen molar-refractivity contribution >= 4 is 25.7 Å². The molecule has 0 aliphatic carbocycles. The molecular formula is C22H28FN3O6S2. The average Bonchev–Trinajstić information content (AvgIpc) is 3.37. The number of methoxy groups -OCH3 is 1. The minimum atomic E-state index is -3.76. The third kappa shape index (κ3) is 5.36. The molecule has 2 saturated heterocycles. The van der Waals surface area contributed by atoms with E-state index < -0.39 is 25.9 Å². The number of rotatable bonds is 8. The van der Waals surface area contributed by atoms with Crippen molar-refractivity contribution in [2.24, 2.45) is 0 Å². The van der Waals surface area contributed by atoms with Crippen LogP contribution in [0.1, 0.15) is 12.8 Å². The fraction of sp³-hybridized carbons (Fsp3) is 0.455. The van der Waals surface area contributed by atoms with Crippen LogP contribution in [-0.2, 0) is 24.8 Å². The molecule has 2 aliphatic heterocycles. The third-order valence-corrected chi connectivity index (χ3v) is 9.35. The maximum atomic E-state index is 13.2. The van der Waals surface area contributed by atoms with Crippen LogP contribution >= 0.6 is 0 Å². The van der Waals surface area contributed by atoms with Gasteiger partial charge in [-0.15, -0.1) is 0 Å². The van der Waals surface area contributed by atoms with Gasteiger partial charge < -0.3 is 14.4 Å². The second-order valence-electron chi connectivity index (χ2n) is 8.17. The van der Waals surface area contributed by atoms with Crippen molar-refractivity contribution < 1.29 is 30.7 Å². The van der Waals surface area contributed by atoms with Crippen LogP contribution in [0.4, 0.5) is 10.1 Å². The summed E-state index contributed by atoms with van der Waals surface area (Å²) >= 11 is 0. The Hall–Kier alpha value is -2.25. The molecule has 4 rings (SSSR count). The zero-order valence-corrected chi connectivity index (χ0v) is 20.4. The Bertz CT molecular complexity index is 1210. The van der Waals surface area contributed by atoms with E-state index in [4.69, 9.17) is 9.47 Å². The molecule has 0 unspecified atom stereocenters. The Morgan fingerprint density at radius 3 is 2.32 bits per heavy atom. The second-order valence-corrected chi connectivity index (χ2v) is 11.9. The van der Waals surface area contributed by atoms with E-state index in [9.17, 15) is 21.2 Å². The Labute approximate surface area is 199 Å². The van der Waals surface area contributed by atoms with Gasteiger partial charge in [0.2, 0.25) is 20.0 Å². The lowest BCUT2D eigenvalue weighted by atomic mass is 10.2. The highest BCUT2D eigenvalue weighted by atomic mass is 32.2. The Morgan fingerprint density at radius 1 is 1.03 bits per heavy atom. The van der Waals surface area contributed by atoms with E-state index in [2.05, 4.69) is 4.72 Å². The van der Waals surface area contributed by atoms with E-state index >= 15 is 0 Å². The van der Waals surface area contributed by atoms with Crippen LogP contribution in [0, 0.1) is 5.82 Å². The first-order valence-electron chi connectivity index (χ1n) is 11.0. The fourth-order valence-corrected chi connectivity index (χ4v) is 6.61. The van der Waals surface area contributed by atoms with Gasteiger partial charge in [-0.1, -0.05) is 0 Å². The Balaban J connectivity index is 1.48. The highest BCUT2D eigenvalue weighted by Gasteiger charge is 2.30. The number of nitrogens with zero attached hydrogens (tertiary/aromatic N) is 2. The van der Waals surface area contributed by atoms with E-state index in [0.29, 0.717) is 31.1 Å². The summed E-state index contributed by atoms with van der Waals surface area (Å²) in [6, 6.07) is 9.35. The van der Waals surface area contributed by atoms with Crippen molar-refractivity contribution in [3.63, 3.8) is 0 Å². The van der Waals surface area contributed by atoms with Crippen molar-refractivity contribution in [1.29, 1.82) is 0 Å². The van der Waals surface area contributed by atoms with Crippen molar-refractivity contribution in [2.75, 3.05) is 51.3 Å². The summed E-state index contributed by atoms with van der Waals surface area (Å²) in [7, 11) is -6.01.